The molecule has 0 aliphatic carbocycles. The topological polar surface area (TPSA) is 96.0 Å². The Morgan fingerprint density at radius 3 is 2.17 bits per heavy atom. The van der Waals surface area contributed by atoms with Crippen LogP contribution in [0.25, 0.3) is 0 Å². The molecular weight excluding hydrogens is 562 g/mol. The predicted molar refractivity (Wildman–Crippen MR) is 163 cm³/mol. The number of unbranched alkanes of at least 4 members (excludes halogenated alkanes) is 1. The Bertz CT molecular complexity index is 1400. The number of aryl methyl sites for hydroxylation is 1. The van der Waals surface area contributed by atoms with Crippen LogP contribution < -0.4 is 14.4 Å². The van der Waals surface area contributed by atoms with Gasteiger partial charge in [0.2, 0.25) is 11.8 Å². The summed E-state index contributed by atoms with van der Waals surface area (Å²) in [5, 5.41) is 3.42. The summed E-state index contributed by atoms with van der Waals surface area (Å²) in [5.41, 5.74) is 1.96. The Morgan fingerprint density at radius 1 is 0.951 bits per heavy atom. The van der Waals surface area contributed by atoms with E-state index < -0.39 is 28.5 Å². The van der Waals surface area contributed by atoms with Crippen LogP contribution in [0.5, 0.6) is 5.75 Å². The molecule has 3 aromatic rings. The Hall–Kier alpha value is -3.56. The lowest BCUT2D eigenvalue weighted by Crippen LogP contribution is -2.51. The van der Waals surface area contributed by atoms with Crippen LogP contribution in [0.2, 0.25) is 5.02 Å². The highest BCUT2D eigenvalue weighted by Gasteiger charge is 2.32. The molecule has 0 radical (unpaired) electrons. The molecule has 2 amide bonds. The first kappa shape index (κ1) is 32.0. The molecule has 0 saturated heterocycles. The van der Waals surface area contributed by atoms with E-state index in [2.05, 4.69) is 5.32 Å². The fourth-order valence-electron chi connectivity index (χ4n) is 4.15. The van der Waals surface area contributed by atoms with Gasteiger partial charge in [-0.1, -0.05) is 54.8 Å². The lowest BCUT2D eigenvalue weighted by Gasteiger charge is -2.32. The molecule has 0 aliphatic rings. The minimum Gasteiger partial charge on any atom is -0.494 e. The van der Waals surface area contributed by atoms with Gasteiger partial charge in [-0.2, -0.15) is 0 Å². The van der Waals surface area contributed by atoms with Crippen LogP contribution in [0.15, 0.2) is 77.7 Å². The van der Waals surface area contributed by atoms with Gasteiger partial charge in [0.05, 0.1) is 17.2 Å². The summed E-state index contributed by atoms with van der Waals surface area (Å²) in [6, 6.07) is 19.1. The summed E-state index contributed by atoms with van der Waals surface area (Å²) in [6.45, 7) is 7.93. The van der Waals surface area contributed by atoms with Crippen LogP contribution in [0.1, 0.15) is 44.7 Å². The Morgan fingerprint density at radius 2 is 1.59 bits per heavy atom. The molecule has 0 spiro atoms. The molecule has 8 nitrogen and oxygen atoms in total. The van der Waals surface area contributed by atoms with E-state index in [9.17, 15) is 18.0 Å². The van der Waals surface area contributed by atoms with Crippen molar-refractivity contribution in [2.45, 2.75) is 58.0 Å². The van der Waals surface area contributed by atoms with Crippen molar-refractivity contribution in [2.75, 3.05) is 24.0 Å². The van der Waals surface area contributed by atoms with Crippen molar-refractivity contribution in [3.05, 3.63) is 88.9 Å². The number of halogens is 1. The number of ether oxygens (including phenoxy) is 1. The molecule has 0 fully saturated rings. The number of hydrogen-bond acceptors (Lipinski definition) is 5. The van der Waals surface area contributed by atoms with E-state index in [0.29, 0.717) is 29.6 Å². The van der Waals surface area contributed by atoms with Crippen LogP contribution in [0, 0.1) is 6.92 Å². The van der Waals surface area contributed by atoms with Crippen molar-refractivity contribution in [1.29, 1.82) is 0 Å². The normalized spacial score (nSPS) is 11.9. The standard InChI is InChI=1S/C31H38ClN3O5S/c1-5-7-20-33-31(37)24(4)34(21-25-10-12-26(32)13-11-25)30(36)22-35(27-14-16-28(17-15-27)40-6-2)41(38,39)29-18-8-23(3)9-19-29/h8-19,24H,5-7,20-22H2,1-4H3,(H,33,37)/t24-/m1/s1. The van der Waals surface area contributed by atoms with E-state index >= 15 is 0 Å². The number of nitrogens with zero attached hydrogens (tertiary/aromatic N) is 2. The minimum absolute atomic E-state index is 0.0550. The number of nitrogens with one attached hydrogen (secondary N) is 1. The third-order valence-corrected chi connectivity index (χ3v) is 8.63. The molecule has 41 heavy (non-hydrogen) atoms. The Balaban J connectivity index is 2.00. The lowest BCUT2D eigenvalue weighted by molar-refractivity contribution is -0.139. The number of carbonyl (C=O) groups is 2. The predicted octanol–water partition coefficient (Wildman–Crippen LogP) is 5.58. The van der Waals surface area contributed by atoms with E-state index in [1.54, 1.807) is 67.6 Å². The summed E-state index contributed by atoms with van der Waals surface area (Å²) < 4.78 is 34.4. The van der Waals surface area contributed by atoms with Crippen molar-refractivity contribution >= 4 is 39.1 Å². The molecule has 0 unspecified atom stereocenters. The smallest absolute Gasteiger partial charge is 0.264 e. The number of hydrogen-bond donors (Lipinski definition) is 1. The summed E-state index contributed by atoms with van der Waals surface area (Å²) in [6.07, 6.45) is 1.72. The number of rotatable bonds is 14. The van der Waals surface area contributed by atoms with Gasteiger partial charge in [0.15, 0.2) is 0 Å². The van der Waals surface area contributed by atoms with Gasteiger partial charge in [0.25, 0.3) is 10.0 Å². The maximum Gasteiger partial charge on any atom is 0.264 e. The van der Waals surface area contributed by atoms with E-state index in [0.717, 1.165) is 28.3 Å². The fourth-order valence-corrected chi connectivity index (χ4v) is 5.69. The van der Waals surface area contributed by atoms with Gasteiger partial charge in [-0.25, -0.2) is 8.42 Å². The van der Waals surface area contributed by atoms with Crippen LogP contribution in [0.3, 0.4) is 0 Å². The fraction of sp³-hybridized carbons (Fsp3) is 0.355. The van der Waals surface area contributed by atoms with Crippen molar-refractivity contribution in [3.8, 4) is 5.75 Å². The zero-order valence-electron chi connectivity index (χ0n) is 24.0. The van der Waals surface area contributed by atoms with Gasteiger partial charge in [0.1, 0.15) is 18.3 Å². The van der Waals surface area contributed by atoms with Crippen molar-refractivity contribution in [1.82, 2.24) is 10.2 Å². The van der Waals surface area contributed by atoms with E-state index in [4.69, 9.17) is 16.3 Å². The quantitative estimate of drug-likeness (QED) is 0.244. The first-order valence-corrected chi connectivity index (χ1v) is 15.5. The summed E-state index contributed by atoms with van der Waals surface area (Å²) >= 11 is 6.05. The average molecular weight is 600 g/mol. The van der Waals surface area contributed by atoms with E-state index in [1.165, 1.54) is 17.0 Å². The van der Waals surface area contributed by atoms with Crippen LogP contribution >= 0.6 is 11.6 Å². The second-order valence-electron chi connectivity index (χ2n) is 9.72. The average Bonchev–Trinajstić information content (AvgIpc) is 2.96. The molecule has 0 heterocycles. The lowest BCUT2D eigenvalue weighted by atomic mass is 10.1. The number of amides is 2. The molecule has 1 N–H and O–H groups in total. The van der Waals surface area contributed by atoms with Crippen molar-refractivity contribution in [3.63, 3.8) is 0 Å². The maximum atomic E-state index is 14.0. The number of sulfonamides is 1. The van der Waals surface area contributed by atoms with Crippen LogP contribution in [0.4, 0.5) is 5.69 Å². The second kappa shape index (κ2) is 14.9. The van der Waals surface area contributed by atoms with Crippen LogP contribution in [-0.4, -0.2) is 50.9 Å². The summed E-state index contributed by atoms with van der Waals surface area (Å²) in [4.78, 5) is 28.5. The summed E-state index contributed by atoms with van der Waals surface area (Å²) in [7, 11) is -4.14. The molecule has 220 valence electrons. The first-order valence-electron chi connectivity index (χ1n) is 13.7. The molecule has 3 aromatic carbocycles. The molecule has 0 aliphatic heterocycles. The number of anilines is 1. The van der Waals surface area contributed by atoms with E-state index in [-0.39, 0.29) is 17.3 Å². The van der Waals surface area contributed by atoms with Gasteiger partial charge in [0, 0.05) is 18.1 Å². The number of carbonyl (C=O) groups excluding carboxylic acids is 2. The highest BCUT2D eigenvalue weighted by Crippen LogP contribution is 2.27. The zero-order chi connectivity index (χ0) is 30.0. The van der Waals surface area contributed by atoms with Gasteiger partial charge in [-0.15, -0.1) is 0 Å². The Labute approximate surface area is 248 Å². The van der Waals surface area contributed by atoms with Crippen molar-refractivity contribution in [2.24, 2.45) is 0 Å². The highest BCUT2D eigenvalue weighted by molar-refractivity contribution is 7.92. The molecule has 3 rings (SSSR count). The van der Waals surface area contributed by atoms with Gasteiger partial charge < -0.3 is 15.0 Å². The van der Waals surface area contributed by atoms with Crippen molar-refractivity contribution < 1.29 is 22.7 Å². The van der Waals surface area contributed by atoms with Crippen LogP contribution in [-0.2, 0) is 26.2 Å². The van der Waals surface area contributed by atoms with E-state index in [1.807, 2.05) is 20.8 Å². The molecule has 0 saturated carbocycles. The third kappa shape index (κ3) is 8.71. The second-order valence-corrected chi connectivity index (χ2v) is 12.0. The number of benzene rings is 3. The minimum atomic E-state index is -4.14. The Kier molecular flexibility index (Phi) is 11.6. The molecule has 1 atom stereocenters. The van der Waals surface area contributed by atoms with Gasteiger partial charge >= 0.3 is 0 Å². The monoisotopic (exact) mass is 599 g/mol. The molecular formula is C31H38ClN3O5S. The molecule has 0 aromatic heterocycles. The molecule has 0 bridgehead atoms. The summed E-state index contributed by atoms with van der Waals surface area (Å²) in [5.74, 6) is -0.255. The third-order valence-electron chi connectivity index (χ3n) is 6.59. The first-order chi connectivity index (χ1) is 19.6. The maximum absolute atomic E-state index is 14.0. The van der Waals surface area contributed by atoms with Gasteiger partial charge in [-0.05, 0) is 81.3 Å². The van der Waals surface area contributed by atoms with Gasteiger partial charge in [-0.3, -0.25) is 13.9 Å². The SMILES string of the molecule is CCCCNC(=O)[C@@H](C)N(Cc1ccc(Cl)cc1)C(=O)CN(c1ccc(OCC)cc1)S(=O)(=O)c1ccc(C)cc1. The molecule has 10 heteroatoms. The highest BCUT2D eigenvalue weighted by atomic mass is 35.5. The zero-order valence-corrected chi connectivity index (χ0v) is 25.5. The largest absolute Gasteiger partial charge is 0.494 e.